The molecule has 13 heteroatoms. The molecule has 2 heterocycles. The minimum atomic E-state index is -1.71. The second-order valence-electron chi connectivity index (χ2n) is 10.6. The molecule has 244 valence electrons. The van der Waals surface area contributed by atoms with Gasteiger partial charge in [-0.3, -0.25) is 4.79 Å². The molecule has 13 nitrogen and oxygen atoms in total. The van der Waals surface area contributed by atoms with Crippen LogP contribution in [0.3, 0.4) is 0 Å². The molecule has 2 aliphatic heterocycles. The molecule has 2 aliphatic rings. The number of aromatic hydroxyl groups is 1. The molecule has 0 bridgehead atoms. The van der Waals surface area contributed by atoms with Gasteiger partial charge in [0, 0.05) is 24.5 Å². The van der Waals surface area contributed by atoms with Crippen molar-refractivity contribution in [3.63, 3.8) is 0 Å². The zero-order valence-corrected chi connectivity index (χ0v) is 24.6. The maximum absolute atomic E-state index is 13.3. The third kappa shape index (κ3) is 8.67. The molecule has 2 aromatic carbocycles. The smallest absolute Gasteiger partial charge is 0.337 e. The topological polar surface area (TPSA) is 202 Å². The summed E-state index contributed by atoms with van der Waals surface area (Å²) in [6.45, 7) is 0.928. The zero-order valence-electron chi connectivity index (χ0n) is 24.6. The fraction of sp³-hybridized carbons (Fsp3) is 0.438. The lowest BCUT2D eigenvalue weighted by Gasteiger charge is -2.41. The highest BCUT2D eigenvalue weighted by Crippen LogP contribution is 2.36. The maximum Gasteiger partial charge on any atom is 0.337 e. The molecule has 6 N–H and O–H groups in total. The van der Waals surface area contributed by atoms with E-state index < -0.39 is 61.5 Å². The molecule has 0 saturated carbocycles. The molecule has 2 aromatic rings. The Bertz CT molecular complexity index is 1340. The number of phenols is 1. The number of hydrogen-bond acceptors (Lipinski definition) is 13. The van der Waals surface area contributed by atoms with Crippen molar-refractivity contribution in [3.05, 3.63) is 83.1 Å². The summed E-state index contributed by atoms with van der Waals surface area (Å²) in [6.07, 6.45) is -5.96. The number of aliphatic hydroxyl groups is 5. The van der Waals surface area contributed by atoms with Crippen LogP contribution in [0.5, 0.6) is 11.5 Å². The average molecular weight is 631 g/mol. The number of esters is 2. The van der Waals surface area contributed by atoms with Crippen molar-refractivity contribution >= 4 is 11.9 Å². The third-order valence-corrected chi connectivity index (χ3v) is 7.53. The van der Waals surface area contributed by atoms with Crippen molar-refractivity contribution in [1.82, 2.24) is 0 Å². The summed E-state index contributed by atoms with van der Waals surface area (Å²) < 4.78 is 27.9. The van der Waals surface area contributed by atoms with Crippen LogP contribution < -0.4 is 4.74 Å². The van der Waals surface area contributed by atoms with Crippen molar-refractivity contribution in [1.29, 1.82) is 0 Å². The molecule has 45 heavy (non-hydrogen) atoms. The number of ether oxygens (including phenoxy) is 5. The summed E-state index contributed by atoms with van der Waals surface area (Å²) in [6, 6.07) is 13.0. The van der Waals surface area contributed by atoms with Gasteiger partial charge in [0.05, 0.1) is 31.5 Å². The first kappa shape index (κ1) is 34.1. The van der Waals surface area contributed by atoms with Gasteiger partial charge >= 0.3 is 11.9 Å². The highest BCUT2D eigenvalue weighted by molar-refractivity contribution is 5.91. The van der Waals surface area contributed by atoms with Gasteiger partial charge in [-0.15, -0.1) is 0 Å². The number of aliphatic hydroxyl groups excluding tert-OH is 5. The molecule has 0 aromatic heterocycles. The van der Waals surface area contributed by atoms with Gasteiger partial charge in [-0.05, 0) is 48.7 Å². The summed E-state index contributed by atoms with van der Waals surface area (Å²) in [5, 5.41) is 58.9. The summed E-state index contributed by atoms with van der Waals surface area (Å²) in [5.74, 6) is -2.04. The van der Waals surface area contributed by atoms with Crippen LogP contribution in [-0.4, -0.2) is 99.4 Å². The van der Waals surface area contributed by atoms with E-state index in [1.807, 2.05) is 0 Å². The van der Waals surface area contributed by atoms with E-state index in [9.17, 15) is 35.1 Å². The summed E-state index contributed by atoms with van der Waals surface area (Å²) in [5.41, 5.74) is 1.96. The van der Waals surface area contributed by atoms with E-state index in [1.54, 1.807) is 49.4 Å². The van der Waals surface area contributed by atoms with Gasteiger partial charge in [-0.1, -0.05) is 30.3 Å². The fourth-order valence-electron chi connectivity index (χ4n) is 5.01. The molecule has 0 spiro atoms. The number of allylic oxidation sites excluding steroid dienone is 1. The quantitative estimate of drug-likeness (QED) is 0.108. The van der Waals surface area contributed by atoms with Gasteiger partial charge in [0.25, 0.3) is 0 Å². The second-order valence-corrected chi connectivity index (χ2v) is 10.6. The minimum absolute atomic E-state index is 0.00213. The standard InChI is InChI=1S/C32H38O13/c1-2-22-23(15-26(36)43-21-9-5-18(6-10-21)11-13-33)24(30(40)41-14-12-19-3-7-20(35)8-4-19)17-42-31(22)45-32-29(39)28(38)27(37)25(16-34)44-32/h2-10,17,23,25,27-29,31-35,37-39H,11-16H2,1H3/b22-2-/t23-,25+,27+,28-,29+,31-,32-/m0/s1. The molecule has 4 rings (SSSR count). The Morgan fingerprint density at radius 3 is 2.22 bits per heavy atom. The SMILES string of the molecule is C/C=C1\[C@H](O[C@@H]2O[C@H](CO)[C@@H](O)[C@H](O)[C@H]2O)OC=C(C(=O)OCCc2ccc(O)cc2)[C@H]1CC(=O)Oc1ccc(CCO)cc1. The van der Waals surface area contributed by atoms with Crippen LogP contribution in [0.1, 0.15) is 24.5 Å². The molecule has 1 fully saturated rings. The van der Waals surface area contributed by atoms with Crippen molar-refractivity contribution in [2.24, 2.45) is 5.92 Å². The highest BCUT2D eigenvalue weighted by atomic mass is 16.8. The molecule has 0 amide bonds. The van der Waals surface area contributed by atoms with Crippen LogP contribution in [0.25, 0.3) is 0 Å². The largest absolute Gasteiger partial charge is 0.508 e. The number of benzene rings is 2. The van der Waals surface area contributed by atoms with Crippen LogP contribution in [0.2, 0.25) is 0 Å². The fourth-order valence-corrected chi connectivity index (χ4v) is 5.01. The average Bonchev–Trinajstić information content (AvgIpc) is 3.03. The Balaban J connectivity index is 1.52. The van der Waals surface area contributed by atoms with E-state index in [-0.39, 0.29) is 42.3 Å². The van der Waals surface area contributed by atoms with Crippen LogP contribution in [-0.2, 0) is 41.4 Å². The van der Waals surface area contributed by atoms with Crippen LogP contribution >= 0.6 is 0 Å². The second kappa shape index (κ2) is 16.0. The predicted molar refractivity (Wildman–Crippen MR) is 155 cm³/mol. The maximum atomic E-state index is 13.3. The van der Waals surface area contributed by atoms with Crippen molar-refractivity contribution in [2.45, 2.75) is 63.2 Å². The molecular weight excluding hydrogens is 592 g/mol. The number of carbonyl (C=O) groups excluding carboxylic acids is 2. The van der Waals surface area contributed by atoms with E-state index in [0.717, 1.165) is 17.4 Å². The van der Waals surface area contributed by atoms with Crippen molar-refractivity contribution in [2.75, 3.05) is 19.8 Å². The molecule has 1 saturated heterocycles. The minimum Gasteiger partial charge on any atom is -0.508 e. The molecule has 0 radical (unpaired) electrons. The molecule has 0 unspecified atom stereocenters. The molecule has 0 aliphatic carbocycles. The summed E-state index contributed by atoms with van der Waals surface area (Å²) in [7, 11) is 0. The summed E-state index contributed by atoms with van der Waals surface area (Å²) in [4.78, 5) is 26.4. The molecule has 7 atom stereocenters. The Hall–Kier alpha value is -3.82. The van der Waals surface area contributed by atoms with E-state index >= 15 is 0 Å². The lowest BCUT2D eigenvalue weighted by atomic mass is 9.86. The first-order chi connectivity index (χ1) is 21.6. The van der Waals surface area contributed by atoms with Crippen LogP contribution in [0.4, 0.5) is 0 Å². The Kier molecular flexibility index (Phi) is 12.1. The van der Waals surface area contributed by atoms with Gasteiger partial charge < -0.3 is 54.3 Å². The molecular formula is C32H38O13. The lowest BCUT2D eigenvalue weighted by molar-refractivity contribution is -0.327. The normalized spacial score (nSPS) is 27.4. The summed E-state index contributed by atoms with van der Waals surface area (Å²) >= 11 is 0. The monoisotopic (exact) mass is 630 g/mol. The van der Waals surface area contributed by atoms with E-state index in [0.29, 0.717) is 12.8 Å². The van der Waals surface area contributed by atoms with Gasteiger partial charge in [0.15, 0.2) is 6.29 Å². The van der Waals surface area contributed by atoms with E-state index in [4.69, 9.17) is 28.8 Å². The Morgan fingerprint density at radius 1 is 0.911 bits per heavy atom. The Labute approximate surface area is 259 Å². The first-order valence-electron chi connectivity index (χ1n) is 14.5. The van der Waals surface area contributed by atoms with Crippen LogP contribution in [0, 0.1) is 5.92 Å². The van der Waals surface area contributed by atoms with Gasteiger partial charge in [-0.2, -0.15) is 0 Å². The van der Waals surface area contributed by atoms with Crippen molar-refractivity contribution < 1.29 is 63.9 Å². The zero-order chi connectivity index (χ0) is 32.5. The van der Waals surface area contributed by atoms with Gasteiger partial charge in [-0.25, -0.2) is 4.79 Å². The lowest BCUT2D eigenvalue weighted by Crippen LogP contribution is -2.60. The Morgan fingerprint density at radius 2 is 1.58 bits per heavy atom. The van der Waals surface area contributed by atoms with Gasteiger partial charge in [0.1, 0.15) is 35.9 Å². The number of phenolic OH excluding ortho intramolecular Hbond substituents is 1. The highest BCUT2D eigenvalue weighted by Gasteiger charge is 2.47. The van der Waals surface area contributed by atoms with Crippen LogP contribution in [0.15, 0.2) is 72.0 Å². The van der Waals surface area contributed by atoms with Gasteiger partial charge in [0.2, 0.25) is 6.29 Å². The number of rotatable bonds is 12. The van der Waals surface area contributed by atoms with E-state index in [1.165, 1.54) is 12.1 Å². The van der Waals surface area contributed by atoms with E-state index in [2.05, 4.69) is 0 Å². The third-order valence-electron chi connectivity index (χ3n) is 7.53. The predicted octanol–water partition coefficient (Wildman–Crippen LogP) is 0.628. The first-order valence-corrected chi connectivity index (χ1v) is 14.5. The van der Waals surface area contributed by atoms with Crippen molar-refractivity contribution in [3.8, 4) is 11.5 Å². The number of hydrogen-bond donors (Lipinski definition) is 6. The number of carbonyl (C=O) groups is 2.